The maximum Gasteiger partial charge on any atom is 0.325 e. The third-order valence-corrected chi connectivity index (χ3v) is 3.88. The summed E-state index contributed by atoms with van der Waals surface area (Å²) in [5.41, 5.74) is 2.09. The summed E-state index contributed by atoms with van der Waals surface area (Å²) < 4.78 is 0. The van der Waals surface area contributed by atoms with Crippen LogP contribution in [-0.4, -0.2) is 43.2 Å². The van der Waals surface area contributed by atoms with E-state index < -0.39 is 12.0 Å². The van der Waals surface area contributed by atoms with Crippen LogP contribution in [0.3, 0.4) is 0 Å². The van der Waals surface area contributed by atoms with Crippen LogP contribution in [0, 0.1) is 0 Å². The fourth-order valence-corrected chi connectivity index (χ4v) is 2.86. The number of piperidine rings is 1. The van der Waals surface area contributed by atoms with Crippen LogP contribution in [0.4, 0.5) is 0 Å². The number of carbonyl (C=O) groups is 1. The van der Waals surface area contributed by atoms with Crippen molar-refractivity contribution in [2.24, 2.45) is 0 Å². The summed E-state index contributed by atoms with van der Waals surface area (Å²) in [6.45, 7) is 2.21. The lowest BCUT2D eigenvalue weighted by Gasteiger charge is -2.30. The second-order valence-electron chi connectivity index (χ2n) is 5.33. The molecule has 1 saturated heterocycles. The fraction of sp³-hybridized carbons (Fsp3) is 0.533. The summed E-state index contributed by atoms with van der Waals surface area (Å²) in [5.74, 6) is -0.314. The first kappa shape index (κ1) is 14.0. The molecule has 0 amide bonds. The zero-order chi connectivity index (χ0) is 13.8. The summed E-state index contributed by atoms with van der Waals surface area (Å²) in [5, 5.41) is 12.0. The van der Waals surface area contributed by atoms with Gasteiger partial charge in [-0.2, -0.15) is 0 Å². The molecule has 19 heavy (non-hydrogen) atoms. The van der Waals surface area contributed by atoms with E-state index in [1.807, 2.05) is 18.2 Å². The van der Waals surface area contributed by atoms with Crippen LogP contribution in [-0.2, 0) is 4.79 Å². The van der Waals surface area contributed by atoms with E-state index in [2.05, 4.69) is 23.3 Å². The SMILES string of the molecule is CNC(C(=O)O)c1cccc(C2CCCN(C)C2)c1. The molecule has 0 radical (unpaired) electrons. The van der Waals surface area contributed by atoms with Gasteiger partial charge in [0.15, 0.2) is 0 Å². The molecular formula is C15H22N2O2. The molecule has 2 unspecified atom stereocenters. The van der Waals surface area contributed by atoms with Gasteiger partial charge in [0.2, 0.25) is 0 Å². The molecule has 0 bridgehead atoms. The number of rotatable bonds is 4. The van der Waals surface area contributed by atoms with E-state index in [9.17, 15) is 9.90 Å². The molecule has 1 aliphatic heterocycles. The first-order valence-corrected chi connectivity index (χ1v) is 6.80. The zero-order valence-electron chi connectivity index (χ0n) is 11.6. The average molecular weight is 262 g/mol. The van der Waals surface area contributed by atoms with Gasteiger partial charge >= 0.3 is 5.97 Å². The molecule has 1 aromatic rings. The highest BCUT2D eigenvalue weighted by atomic mass is 16.4. The van der Waals surface area contributed by atoms with Gasteiger partial charge in [-0.3, -0.25) is 4.79 Å². The Kier molecular flexibility index (Phi) is 4.56. The quantitative estimate of drug-likeness (QED) is 0.869. The standard InChI is InChI=1S/C15H22N2O2/c1-16-14(15(18)19)12-6-3-5-11(9-12)13-7-4-8-17(2)10-13/h3,5-6,9,13-14,16H,4,7-8,10H2,1-2H3,(H,18,19). The highest BCUT2D eigenvalue weighted by Gasteiger charge is 2.22. The molecule has 0 spiro atoms. The lowest BCUT2D eigenvalue weighted by molar-refractivity contribution is -0.139. The highest BCUT2D eigenvalue weighted by molar-refractivity contribution is 5.75. The molecule has 104 valence electrons. The molecule has 2 rings (SSSR count). The number of carboxylic acid groups (broad SMARTS) is 1. The topological polar surface area (TPSA) is 52.6 Å². The number of hydrogen-bond acceptors (Lipinski definition) is 3. The van der Waals surface area contributed by atoms with E-state index in [1.165, 1.54) is 18.4 Å². The van der Waals surface area contributed by atoms with Crippen molar-refractivity contribution in [3.05, 3.63) is 35.4 Å². The Bertz CT molecular complexity index is 448. The summed E-state index contributed by atoms with van der Waals surface area (Å²) in [6.07, 6.45) is 2.39. The third kappa shape index (κ3) is 3.33. The van der Waals surface area contributed by atoms with Crippen molar-refractivity contribution in [3.8, 4) is 0 Å². The normalized spacial score (nSPS) is 22.1. The Balaban J connectivity index is 2.21. The summed E-state index contributed by atoms with van der Waals surface area (Å²) in [7, 11) is 3.82. The summed E-state index contributed by atoms with van der Waals surface area (Å²) >= 11 is 0. The molecular weight excluding hydrogens is 240 g/mol. The van der Waals surface area contributed by atoms with Gasteiger partial charge in [0.25, 0.3) is 0 Å². The number of nitrogens with zero attached hydrogens (tertiary/aromatic N) is 1. The van der Waals surface area contributed by atoms with Crippen LogP contribution >= 0.6 is 0 Å². The molecule has 1 heterocycles. The Morgan fingerprint density at radius 2 is 2.32 bits per heavy atom. The number of likely N-dealkylation sites (tertiary alicyclic amines) is 1. The number of carboxylic acids is 1. The van der Waals surface area contributed by atoms with Gasteiger partial charge in [-0.15, -0.1) is 0 Å². The molecule has 4 nitrogen and oxygen atoms in total. The van der Waals surface area contributed by atoms with Crippen LogP contribution in [0.15, 0.2) is 24.3 Å². The number of likely N-dealkylation sites (N-methyl/N-ethyl adjacent to an activating group) is 2. The predicted molar refractivity (Wildman–Crippen MR) is 75.4 cm³/mol. The van der Waals surface area contributed by atoms with E-state index in [0.29, 0.717) is 5.92 Å². The number of aliphatic carboxylic acids is 1. The Labute approximate surface area is 114 Å². The van der Waals surface area contributed by atoms with Crippen molar-refractivity contribution in [2.45, 2.75) is 24.8 Å². The van der Waals surface area contributed by atoms with Crippen LogP contribution in [0.1, 0.15) is 35.9 Å². The molecule has 1 aliphatic rings. The van der Waals surface area contributed by atoms with Crippen LogP contribution < -0.4 is 5.32 Å². The van der Waals surface area contributed by atoms with Gasteiger partial charge in [0, 0.05) is 6.54 Å². The van der Waals surface area contributed by atoms with Gasteiger partial charge in [-0.05, 0) is 50.5 Å². The van der Waals surface area contributed by atoms with E-state index >= 15 is 0 Å². The molecule has 2 N–H and O–H groups in total. The summed E-state index contributed by atoms with van der Waals surface area (Å²) in [6, 6.07) is 7.38. The first-order valence-electron chi connectivity index (χ1n) is 6.80. The molecule has 1 fully saturated rings. The largest absolute Gasteiger partial charge is 0.480 e. The van der Waals surface area contributed by atoms with E-state index in [-0.39, 0.29) is 0 Å². The highest BCUT2D eigenvalue weighted by Crippen LogP contribution is 2.28. The Morgan fingerprint density at radius 3 is 2.95 bits per heavy atom. The average Bonchev–Trinajstić information content (AvgIpc) is 2.39. The minimum absolute atomic E-state index is 0.519. The van der Waals surface area contributed by atoms with Crippen LogP contribution in [0.2, 0.25) is 0 Å². The van der Waals surface area contributed by atoms with Gasteiger partial charge in [0.05, 0.1) is 0 Å². The Morgan fingerprint density at radius 1 is 1.53 bits per heavy atom. The fourth-order valence-electron chi connectivity index (χ4n) is 2.86. The first-order chi connectivity index (χ1) is 9.11. The van der Waals surface area contributed by atoms with Crippen molar-refractivity contribution in [3.63, 3.8) is 0 Å². The van der Waals surface area contributed by atoms with Gasteiger partial charge < -0.3 is 15.3 Å². The lowest BCUT2D eigenvalue weighted by atomic mass is 9.89. The maximum atomic E-state index is 11.2. The third-order valence-electron chi connectivity index (χ3n) is 3.88. The number of hydrogen-bond donors (Lipinski definition) is 2. The summed E-state index contributed by atoms with van der Waals surface area (Å²) in [4.78, 5) is 13.5. The van der Waals surface area contributed by atoms with Crippen molar-refractivity contribution in [1.82, 2.24) is 10.2 Å². The second kappa shape index (κ2) is 6.17. The predicted octanol–water partition coefficient (Wildman–Crippen LogP) is 1.84. The number of benzene rings is 1. The number of nitrogens with one attached hydrogen (secondary N) is 1. The zero-order valence-corrected chi connectivity index (χ0v) is 11.6. The van der Waals surface area contributed by atoms with Crippen molar-refractivity contribution in [1.29, 1.82) is 0 Å². The van der Waals surface area contributed by atoms with Gasteiger partial charge in [-0.25, -0.2) is 0 Å². The Hall–Kier alpha value is -1.39. The molecule has 0 aromatic heterocycles. The minimum atomic E-state index is -0.833. The second-order valence-corrected chi connectivity index (χ2v) is 5.33. The lowest BCUT2D eigenvalue weighted by Crippen LogP contribution is -2.31. The molecule has 2 atom stereocenters. The van der Waals surface area contributed by atoms with E-state index in [1.54, 1.807) is 7.05 Å². The van der Waals surface area contributed by atoms with Crippen molar-refractivity contribution < 1.29 is 9.90 Å². The van der Waals surface area contributed by atoms with E-state index in [4.69, 9.17) is 0 Å². The van der Waals surface area contributed by atoms with Gasteiger partial charge in [-0.1, -0.05) is 24.3 Å². The van der Waals surface area contributed by atoms with Crippen LogP contribution in [0.5, 0.6) is 0 Å². The molecule has 4 heteroatoms. The van der Waals surface area contributed by atoms with Crippen molar-refractivity contribution >= 4 is 5.97 Å². The molecule has 1 aromatic carbocycles. The monoisotopic (exact) mass is 262 g/mol. The van der Waals surface area contributed by atoms with Gasteiger partial charge in [0.1, 0.15) is 6.04 Å². The van der Waals surface area contributed by atoms with E-state index in [0.717, 1.165) is 18.7 Å². The van der Waals surface area contributed by atoms with Crippen molar-refractivity contribution in [2.75, 3.05) is 27.2 Å². The smallest absolute Gasteiger partial charge is 0.325 e. The molecule has 0 saturated carbocycles. The minimum Gasteiger partial charge on any atom is -0.480 e. The van der Waals surface area contributed by atoms with Crippen LogP contribution in [0.25, 0.3) is 0 Å². The molecule has 0 aliphatic carbocycles. The maximum absolute atomic E-state index is 11.2.